The van der Waals surface area contributed by atoms with Crippen molar-refractivity contribution >= 4 is 45.9 Å². The van der Waals surface area contributed by atoms with Crippen LogP contribution >= 0.6 is 17.0 Å². The number of nitrogens with zero attached hydrogens (tertiary/aromatic N) is 3. The lowest BCUT2D eigenvalue weighted by atomic mass is 9.84. The van der Waals surface area contributed by atoms with E-state index < -0.39 is 0 Å². The lowest BCUT2D eigenvalue weighted by Gasteiger charge is -2.30. The molecule has 0 atom stereocenters. The number of likely N-dealkylation sites (N-methyl/N-ethyl adjacent to an activating group) is 1. The number of halogens is 1. The topological polar surface area (TPSA) is 109 Å². The highest BCUT2D eigenvalue weighted by Gasteiger charge is 2.31. The van der Waals surface area contributed by atoms with Crippen LogP contribution in [-0.2, 0) is 12.0 Å². The molecule has 0 aromatic heterocycles. The van der Waals surface area contributed by atoms with E-state index in [1.807, 2.05) is 49.0 Å². The molecule has 0 aliphatic carbocycles. The molecule has 1 aliphatic heterocycles. The van der Waals surface area contributed by atoms with Crippen molar-refractivity contribution in [2.45, 2.75) is 39.7 Å². The van der Waals surface area contributed by atoms with Crippen LogP contribution in [0.15, 0.2) is 24.3 Å². The van der Waals surface area contributed by atoms with Crippen LogP contribution in [0.1, 0.15) is 65.1 Å². The van der Waals surface area contributed by atoms with E-state index in [2.05, 4.69) is 26.1 Å². The van der Waals surface area contributed by atoms with Gasteiger partial charge in [-0.15, -0.1) is 17.0 Å². The van der Waals surface area contributed by atoms with Crippen LogP contribution in [0.5, 0.6) is 5.75 Å². The first kappa shape index (κ1) is 32.1. The van der Waals surface area contributed by atoms with Gasteiger partial charge in [0, 0.05) is 63.2 Å². The number of methoxy groups -OCH3 is 1. The fraction of sp³-hybridized carbons (Fsp3) is 0.483. The van der Waals surface area contributed by atoms with Gasteiger partial charge in [0.2, 0.25) is 0 Å². The molecule has 2 aromatic rings. The number of hydrogen-bond donors (Lipinski definition) is 3. The number of ketones is 1. The van der Waals surface area contributed by atoms with Gasteiger partial charge in [-0.25, -0.2) is 0 Å². The molecule has 1 heterocycles. The maximum atomic E-state index is 13.7. The Morgan fingerprint density at radius 3 is 2.33 bits per heavy atom. The van der Waals surface area contributed by atoms with Crippen molar-refractivity contribution in [3.63, 3.8) is 0 Å². The number of ether oxygens (including phenoxy) is 1. The Labute approximate surface area is 242 Å². The van der Waals surface area contributed by atoms with E-state index in [0.29, 0.717) is 42.1 Å². The highest BCUT2D eigenvalue weighted by Crippen LogP contribution is 2.40. The van der Waals surface area contributed by atoms with E-state index in [1.54, 1.807) is 25.1 Å². The molecule has 0 spiro atoms. The normalized spacial score (nSPS) is 12.5. The Morgan fingerprint density at radius 1 is 1.15 bits per heavy atom. The van der Waals surface area contributed by atoms with Crippen molar-refractivity contribution in [3.05, 3.63) is 52.1 Å². The van der Waals surface area contributed by atoms with E-state index in [0.717, 1.165) is 22.5 Å². The summed E-state index contributed by atoms with van der Waals surface area (Å²) in [4.78, 5) is 31.8. The van der Waals surface area contributed by atoms with Crippen LogP contribution < -0.4 is 19.9 Å². The number of carbonyl (C=O) groups excluding carboxylic acids is 2. The molecule has 214 valence electrons. The number of aliphatic hydroxyl groups is 1. The smallest absolute Gasteiger partial charge is 0.253 e. The average Bonchev–Trinajstić information content (AvgIpc) is 3.18. The minimum Gasteiger partial charge on any atom is -0.494 e. The van der Waals surface area contributed by atoms with Crippen LogP contribution in [0.25, 0.3) is 0 Å². The predicted molar refractivity (Wildman–Crippen MR) is 163 cm³/mol. The number of rotatable bonds is 10. The second-order valence-electron chi connectivity index (χ2n) is 10.8. The summed E-state index contributed by atoms with van der Waals surface area (Å²) in [5.41, 5.74) is 4.75. The van der Waals surface area contributed by atoms with Crippen LogP contribution in [0, 0.1) is 5.41 Å². The van der Waals surface area contributed by atoms with Gasteiger partial charge in [-0.05, 0) is 42.2 Å². The minimum atomic E-state index is -0.287. The first-order valence-electron chi connectivity index (χ1n) is 12.9. The van der Waals surface area contributed by atoms with Gasteiger partial charge in [0.15, 0.2) is 5.78 Å². The van der Waals surface area contributed by atoms with Gasteiger partial charge in [-0.1, -0.05) is 20.8 Å². The third-order valence-electron chi connectivity index (χ3n) is 6.94. The maximum Gasteiger partial charge on any atom is 0.253 e. The van der Waals surface area contributed by atoms with Crippen molar-refractivity contribution in [1.82, 2.24) is 10.2 Å². The zero-order valence-electron chi connectivity index (χ0n) is 24.3. The summed E-state index contributed by atoms with van der Waals surface area (Å²) in [5, 5.41) is 21.1. The number of amidine groups is 1. The van der Waals surface area contributed by atoms with Crippen LogP contribution in [0.3, 0.4) is 0 Å². The van der Waals surface area contributed by atoms with E-state index in [1.165, 1.54) is 0 Å². The lowest BCUT2D eigenvalue weighted by molar-refractivity contribution is 0.0955. The van der Waals surface area contributed by atoms with E-state index in [-0.39, 0.29) is 53.1 Å². The van der Waals surface area contributed by atoms with Gasteiger partial charge >= 0.3 is 0 Å². The van der Waals surface area contributed by atoms with Gasteiger partial charge in [0.05, 0.1) is 31.5 Å². The summed E-state index contributed by atoms with van der Waals surface area (Å²) in [5.74, 6) is 0.590. The van der Waals surface area contributed by atoms with E-state index in [4.69, 9.17) is 10.1 Å². The molecular weight excluding hydrogens is 562 g/mol. The van der Waals surface area contributed by atoms with Crippen LogP contribution in [0.2, 0.25) is 0 Å². The molecule has 0 saturated carbocycles. The Hall–Kier alpha value is -3.11. The summed E-state index contributed by atoms with van der Waals surface area (Å²) in [6.45, 7) is 9.71. The van der Waals surface area contributed by atoms with Crippen molar-refractivity contribution in [3.8, 4) is 5.75 Å². The number of benzene rings is 2. The quantitative estimate of drug-likeness (QED) is 0.354. The van der Waals surface area contributed by atoms with Gasteiger partial charge in [0.1, 0.15) is 11.6 Å². The number of Topliss-reactive ketones (excluding diaryl/α,β-unsaturated/α-hetero) is 1. The number of anilines is 2. The highest BCUT2D eigenvalue weighted by atomic mass is 79.9. The average molecular weight is 605 g/mol. The predicted octanol–water partition coefficient (Wildman–Crippen LogP) is 3.84. The Morgan fingerprint density at radius 2 is 1.82 bits per heavy atom. The molecule has 0 unspecified atom stereocenters. The lowest BCUT2D eigenvalue weighted by Crippen LogP contribution is -2.31. The van der Waals surface area contributed by atoms with Gasteiger partial charge in [0.25, 0.3) is 5.91 Å². The van der Waals surface area contributed by atoms with Crippen molar-refractivity contribution in [2.24, 2.45) is 0 Å². The SMILES string of the molecule is Br.CCN(CCO)c1cc(C(=O)CN2Cc3cc(N(C)C)c(C(=O)NC)cc3C2=N)cc(C(C)(C)C)c1OC. The van der Waals surface area contributed by atoms with Gasteiger partial charge in [-0.2, -0.15) is 0 Å². The molecule has 0 radical (unpaired) electrons. The van der Waals surface area contributed by atoms with Crippen molar-refractivity contribution in [1.29, 1.82) is 5.41 Å². The molecule has 3 N–H and O–H groups in total. The fourth-order valence-electron chi connectivity index (χ4n) is 4.87. The molecule has 1 aliphatic rings. The molecule has 10 heteroatoms. The number of nitrogens with one attached hydrogen (secondary N) is 2. The first-order valence-corrected chi connectivity index (χ1v) is 12.9. The van der Waals surface area contributed by atoms with Gasteiger partial charge in [-0.3, -0.25) is 15.0 Å². The summed E-state index contributed by atoms with van der Waals surface area (Å²) in [7, 11) is 6.96. The molecule has 0 bridgehead atoms. The van der Waals surface area contributed by atoms with Crippen molar-refractivity contribution in [2.75, 3.05) is 64.3 Å². The Kier molecular flexibility index (Phi) is 10.6. The summed E-state index contributed by atoms with van der Waals surface area (Å²) in [6.07, 6.45) is 0. The maximum absolute atomic E-state index is 13.7. The third kappa shape index (κ3) is 6.55. The van der Waals surface area contributed by atoms with Crippen LogP contribution in [0.4, 0.5) is 11.4 Å². The Balaban J connectivity index is 0.00000533. The van der Waals surface area contributed by atoms with E-state index in [9.17, 15) is 14.7 Å². The molecule has 1 amide bonds. The second kappa shape index (κ2) is 12.8. The van der Waals surface area contributed by atoms with Crippen molar-refractivity contribution < 1.29 is 19.4 Å². The first-order chi connectivity index (χ1) is 17.9. The Bertz CT molecular complexity index is 1240. The number of aliphatic hydroxyl groups excluding tert-OH is 1. The largest absolute Gasteiger partial charge is 0.494 e. The molecular formula is C29H42BrN5O4. The number of fused-ring (bicyclic) bond motifs is 1. The second-order valence-corrected chi connectivity index (χ2v) is 10.8. The highest BCUT2D eigenvalue weighted by molar-refractivity contribution is 8.93. The zero-order valence-corrected chi connectivity index (χ0v) is 26.0. The van der Waals surface area contributed by atoms with Gasteiger partial charge < -0.3 is 29.9 Å². The minimum absolute atomic E-state index is 0. The third-order valence-corrected chi connectivity index (χ3v) is 6.94. The molecule has 39 heavy (non-hydrogen) atoms. The molecule has 3 rings (SSSR count). The molecule has 0 saturated heterocycles. The summed E-state index contributed by atoms with van der Waals surface area (Å²) < 4.78 is 5.81. The summed E-state index contributed by atoms with van der Waals surface area (Å²) in [6, 6.07) is 7.39. The monoisotopic (exact) mass is 603 g/mol. The van der Waals surface area contributed by atoms with Crippen LogP contribution in [-0.4, -0.2) is 82.0 Å². The summed E-state index contributed by atoms with van der Waals surface area (Å²) >= 11 is 0. The standard InChI is InChI=1S/C29H41N5O4.BrH/c1-9-33(10-11-35)24-13-18(12-22(26(24)38-8)29(2,3)4)25(36)17-34-16-19-14-23(32(6)7)21(28(37)31-5)15-20(19)27(34)30;/h12-15,30,35H,9-11,16-17H2,1-8H3,(H,31,37);1H. The fourth-order valence-corrected chi connectivity index (χ4v) is 4.87. The number of amides is 1. The van der Waals surface area contributed by atoms with E-state index >= 15 is 0 Å². The molecule has 0 fully saturated rings. The zero-order chi connectivity index (χ0) is 28.4. The number of hydrogen-bond acceptors (Lipinski definition) is 7. The number of carbonyl (C=O) groups is 2. The molecule has 9 nitrogen and oxygen atoms in total. The molecule has 2 aromatic carbocycles.